The zero-order valence-corrected chi connectivity index (χ0v) is 12.8. The smallest absolute Gasteiger partial charge is 0.338 e. The van der Waals surface area contributed by atoms with E-state index in [1.165, 1.54) is 24.9 Å². The van der Waals surface area contributed by atoms with Crippen LogP contribution in [0.15, 0.2) is 28.2 Å². The van der Waals surface area contributed by atoms with E-state index in [4.69, 9.17) is 4.74 Å². The third-order valence-corrected chi connectivity index (χ3v) is 3.75. The van der Waals surface area contributed by atoms with Crippen LogP contribution in [0.1, 0.15) is 23.0 Å². The van der Waals surface area contributed by atoms with Crippen LogP contribution in [-0.4, -0.2) is 33.8 Å². The summed E-state index contributed by atoms with van der Waals surface area (Å²) in [6.07, 6.45) is 0. The van der Waals surface area contributed by atoms with Crippen molar-refractivity contribution >= 4 is 28.8 Å². The van der Waals surface area contributed by atoms with E-state index in [1.807, 2.05) is 6.92 Å². The lowest BCUT2D eigenvalue weighted by molar-refractivity contribution is 0.0602. The van der Waals surface area contributed by atoms with E-state index in [0.29, 0.717) is 16.6 Å². The summed E-state index contributed by atoms with van der Waals surface area (Å²) in [5.41, 5.74) is 1.57. The molecule has 1 N–H and O–H groups in total. The number of thioether (sulfide) groups is 1. The molecule has 0 atom stereocenters. The largest absolute Gasteiger partial charge is 0.465 e. The van der Waals surface area contributed by atoms with E-state index in [-0.39, 0.29) is 16.6 Å². The van der Waals surface area contributed by atoms with Crippen LogP contribution < -0.4 is 5.56 Å². The number of rotatable bonds is 4. The van der Waals surface area contributed by atoms with E-state index in [9.17, 15) is 9.59 Å². The second-order valence-corrected chi connectivity index (χ2v) is 5.58. The first-order chi connectivity index (χ1) is 9.92. The Labute approximate surface area is 125 Å². The van der Waals surface area contributed by atoms with Gasteiger partial charge in [0, 0.05) is 11.4 Å². The molecule has 0 saturated carbocycles. The van der Waals surface area contributed by atoms with Gasteiger partial charge in [-0.1, -0.05) is 23.9 Å². The summed E-state index contributed by atoms with van der Waals surface area (Å²) in [6.45, 7) is 7.42. The molecule has 0 bridgehead atoms. The van der Waals surface area contributed by atoms with Gasteiger partial charge >= 0.3 is 5.97 Å². The van der Waals surface area contributed by atoms with Crippen molar-refractivity contribution in [2.75, 3.05) is 12.9 Å². The van der Waals surface area contributed by atoms with Gasteiger partial charge in [-0.15, -0.1) is 0 Å². The fraction of sp³-hybridized carbons (Fsp3) is 0.286. The number of hydrogen-bond acceptors (Lipinski definition) is 6. The van der Waals surface area contributed by atoms with Crippen LogP contribution in [0.3, 0.4) is 0 Å². The maximum Gasteiger partial charge on any atom is 0.338 e. The minimum atomic E-state index is -0.583. The minimum absolute atomic E-state index is 0.145. The Hall–Kier alpha value is -2.15. The number of esters is 1. The molecule has 0 aliphatic carbocycles. The summed E-state index contributed by atoms with van der Waals surface area (Å²) in [4.78, 5) is 35.2. The molecule has 2 aromatic rings. The zero-order valence-electron chi connectivity index (χ0n) is 12.0. The third kappa shape index (κ3) is 3.30. The molecule has 0 aromatic carbocycles. The fourth-order valence-corrected chi connectivity index (χ4v) is 2.48. The highest BCUT2D eigenvalue weighted by atomic mass is 32.2. The van der Waals surface area contributed by atoms with Gasteiger partial charge in [-0.05, 0) is 19.9 Å². The number of hydrogen-bond donors (Lipinski definition) is 1. The van der Waals surface area contributed by atoms with Crippen LogP contribution in [0.25, 0.3) is 11.0 Å². The summed E-state index contributed by atoms with van der Waals surface area (Å²) in [5, 5.41) is 0.594. The molecule has 6 nitrogen and oxygen atoms in total. The van der Waals surface area contributed by atoms with Gasteiger partial charge < -0.3 is 9.72 Å². The van der Waals surface area contributed by atoms with Gasteiger partial charge in [-0.3, -0.25) is 4.79 Å². The van der Waals surface area contributed by atoms with Crippen molar-refractivity contribution in [3.8, 4) is 0 Å². The third-order valence-electron chi connectivity index (χ3n) is 2.64. The molecule has 0 unspecified atom stereocenters. The molecule has 0 amide bonds. The normalized spacial score (nSPS) is 10.6. The summed E-state index contributed by atoms with van der Waals surface area (Å²) in [6, 6.07) is 1.52. The van der Waals surface area contributed by atoms with Gasteiger partial charge in [0.2, 0.25) is 0 Å². The molecular formula is C14H15N3O3S. The molecule has 21 heavy (non-hydrogen) atoms. The summed E-state index contributed by atoms with van der Waals surface area (Å²) in [5.74, 6) is 0.0598. The Balaban J connectivity index is 2.62. The monoisotopic (exact) mass is 305 g/mol. The highest BCUT2D eigenvalue weighted by molar-refractivity contribution is 7.99. The number of aromatic nitrogens is 3. The first-order valence-electron chi connectivity index (χ1n) is 6.19. The molecule has 0 aliphatic heterocycles. The van der Waals surface area contributed by atoms with Crippen LogP contribution in [0.2, 0.25) is 0 Å². The topological polar surface area (TPSA) is 84.9 Å². The van der Waals surface area contributed by atoms with Gasteiger partial charge in [0.1, 0.15) is 0 Å². The highest BCUT2D eigenvalue weighted by Crippen LogP contribution is 2.19. The van der Waals surface area contributed by atoms with Gasteiger partial charge in [0.25, 0.3) is 5.56 Å². The molecule has 2 aromatic heterocycles. The van der Waals surface area contributed by atoms with Crippen LogP contribution >= 0.6 is 11.8 Å². The SMILES string of the molecule is C=C(C)CSc1nc2nc(C)cc(C(=O)OC)c2c(=O)[nH]1. The van der Waals surface area contributed by atoms with E-state index in [1.54, 1.807) is 6.92 Å². The number of fused-ring (bicyclic) bond motifs is 1. The molecule has 2 rings (SSSR count). The molecule has 0 radical (unpaired) electrons. The number of methoxy groups -OCH3 is 1. The van der Waals surface area contributed by atoms with Crippen LogP contribution in [-0.2, 0) is 4.74 Å². The number of nitrogens with zero attached hydrogens (tertiary/aromatic N) is 2. The highest BCUT2D eigenvalue weighted by Gasteiger charge is 2.17. The molecule has 0 saturated heterocycles. The lowest BCUT2D eigenvalue weighted by atomic mass is 10.1. The number of H-pyrrole nitrogens is 1. The lowest BCUT2D eigenvalue weighted by Crippen LogP contribution is -2.16. The van der Waals surface area contributed by atoms with E-state index in [0.717, 1.165) is 5.57 Å². The van der Waals surface area contributed by atoms with Crippen molar-refractivity contribution in [2.24, 2.45) is 0 Å². The quantitative estimate of drug-likeness (QED) is 0.403. The molecule has 2 heterocycles. The number of ether oxygens (including phenoxy) is 1. The zero-order chi connectivity index (χ0) is 15.6. The molecule has 0 aliphatic rings. The summed E-state index contributed by atoms with van der Waals surface area (Å²) < 4.78 is 4.70. The van der Waals surface area contributed by atoms with Crippen molar-refractivity contribution in [1.29, 1.82) is 0 Å². The summed E-state index contributed by atoms with van der Waals surface area (Å²) >= 11 is 1.36. The van der Waals surface area contributed by atoms with E-state index in [2.05, 4.69) is 21.5 Å². The van der Waals surface area contributed by atoms with Gasteiger partial charge in [-0.2, -0.15) is 0 Å². The van der Waals surface area contributed by atoms with Crippen molar-refractivity contribution in [1.82, 2.24) is 15.0 Å². The predicted octanol–water partition coefficient (Wildman–Crippen LogP) is 2.08. The molecular weight excluding hydrogens is 290 g/mol. The second-order valence-electron chi connectivity index (χ2n) is 4.62. The van der Waals surface area contributed by atoms with E-state index < -0.39 is 11.5 Å². The Kier molecular flexibility index (Phi) is 4.42. The van der Waals surface area contributed by atoms with Gasteiger partial charge in [0.15, 0.2) is 10.8 Å². The van der Waals surface area contributed by atoms with Crippen molar-refractivity contribution < 1.29 is 9.53 Å². The van der Waals surface area contributed by atoms with Crippen LogP contribution in [0, 0.1) is 6.92 Å². The molecule has 0 fully saturated rings. The molecule has 0 spiro atoms. The van der Waals surface area contributed by atoms with E-state index >= 15 is 0 Å². The number of aryl methyl sites for hydroxylation is 1. The van der Waals surface area contributed by atoms with Crippen molar-refractivity contribution in [3.63, 3.8) is 0 Å². The Bertz CT molecular complexity index is 783. The van der Waals surface area contributed by atoms with Crippen LogP contribution in [0.5, 0.6) is 0 Å². The minimum Gasteiger partial charge on any atom is -0.465 e. The second kappa shape index (κ2) is 6.09. The van der Waals surface area contributed by atoms with Gasteiger partial charge in [-0.25, -0.2) is 14.8 Å². The maximum absolute atomic E-state index is 12.2. The molecule has 7 heteroatoms. The summed E-state index contributed by atoms with van der Waals surface area (Å²) in [7, 11) is 1.27. The number of pyridine rings is 1. The average Bonchev–Trinajstić information content (AvgIpc) is 2.42. The Morgan fingerprint density at radius 3 is 2.81 bits per heavy atom. The number of nitrogens with one attached hydrogen (secondary N) is 1. The standard InChI is InChI=1S/C14H15N3O3S/c1-7(2)6-21-14-16-11-10(12(18)17-14)9(13(19)20-4)5-8(3)15-11/h5H,1,6H2,2-4H3,(H,15,16,17,18). The van der Waals surface area contributed by atoms with Gasteiger partial charge in [0.05, 0.1) is 18.1 Å². The number of carbonyl (C=O) groups is 1. The Morgan fingerprint density at radius 2 is 2.19 bits per heavy atom. The van der Waals surface area contributed by atoms with Crippen molar-refractivity contribution in [3.05, 3.63) is 39.8 Å². The Morgan fingerprint density at radius 1 is 1.48 bits per heavy atom. The van der Waals surface area contributed by atoms with Crippen molar-refractivity contribution in [2.45, 2.75) is 19.0 Å². The predicted molar refractivity (Wildman–Crippen MR) is 81.8 cm³/mol. The molecule has 110 valence electrons. The van der Waals surface area contributed by atoms with Crippen LogP contribution in [0.4, 0.5) is 0 Å². The first-order valence-corrected chi connectivity index (χ1v) is 7.18. The fourth-order valence-electron chi connectivity index (χ4n) is 1.78. The lowest BCUT2D eigenvalue weighted by Gasteiger charge is -2.06. The first kappa shape index (κ1) is 15.2. The number of aromatic amines is 1. The number of carbonyl (C=O) groups excluding carboxylic acids is 1. The average molecular weight is 305 g/mol. The maximum atomic E-state index is 12.2.